The van der Waals surface area contributed by atoms with Crippen LogP contribution in [0.1, 0.15) is 9.67 Å². The summed E-state index contributed by atoms with van der Waals surface area (Å²) in [6.07, 6.45) is 0. The van der Waals surface area contributed by atoms with Gasteiger partial charge in [0.15, 0.2) is 5.58 Å². The molecule has 0 saturated carbocycles. The van der Waals surface area contributed by atoms with Crippen LogP contribution in [0.2, 0.25) is 15.1 Å². The van der Waals surface area contributed by atoms with Crippen molar-refractivity contribution in [3.05, 3.63) is 44.2 Å². The fourth-order valence-electron chi connectivity index (χ4n) is 1.89. The first-order valence-electron chi connectivity index (χ1n) is 5.69. The van der Waals surface area contributed by atoms with E-state index in [0.717, 1.165) is 4.70 Å². The summed E-state index contributed by atoms with van der Waals surface area (Å²) in [6.45, 7) is 0. The maximum absolute atomic E-state index is 11.6. The Bertz CT molecular complexity index is 857. The van der Waals surface area contributed by atoms with E-state index in [2.05, 4.69) is 0 Å². The average molecular weight is 362 g/mol. The Hall–Kier alpha value is -1.24. The molecule has 0 saturated heterocycles. The third-order valence-electron chi connectivity index (χ3n) is 2.84. The van der Waals surface area contributed by atoms with Crippen LogP contribution in [0.5, 0.6) is 0 Å². The molecular weight excluding hydrogens is 355 g/mol. The first-order chi connectivity index (χ1) is 10.0. The van der Waals surface area contributed by atoms with E-state index < -0.39 is 5.91 Å². The van der Waals surface area contributed by atoms with Crippen molar-refractivity contribution in [2.45, 2.75) is 0 Å². The number of fused-ring (bicyclic) bond motifs is 1. The zero-order valence-corrected chi connectivity index (χ0v) is 13.3. The number of benzene rings is 1. The zero-order valence-electron chi connectivity index (χ0n) is 10.2. The van der Waals surface area contributed by atoms with Gasteiger partial charge in [0.1, 0.15) is 15.7 Å². The van der Waals surface area contributed by atoms with Gasteiger partial charge in [-0.15, -0.1) is 11.3 Å². The molecule has 2 heterocycles. The summed E-state index contributed by atoms with van der Waals surface area (Å²) in [5, 5.41) is 1.24. The van der Waals surface area contributed by atoms with E-state index in [0.29, 0.717) is 31.8 Å². The first kappa shape index (κ1) is 14.7. The smallest absolute Gasteiger partial charge is 0.276 e. The van der Waals surface area contributed by atoms with Crippen molar-refractivity contribution in [3.8, 4) is 11.3 Å². The number of nitrogens with one attached hydrogen (secondary N) is 1. The standard InChI is InChI=1S/C13H7Cl3N2O2S/c14-5-1-2-6(7(15)3-5)8-4-9-11(20-8)10(16)12(21-9)13(19)18-17/h1-4H,17H2,(H,18,19). The fraction of sp³-hybridized carbons (Fsp3) is 0. The van der Waals surface area contributed by atoms with Crippen molar-refractivity contribution in [1.82, 2.24) is 5.43 Å². The van der Waals surface area contributed by atoms with Gasteiger partial charge in [-0.3, -0.25) is 10.2 Å². The second kappa shape index (κ2) is 5.51. The molecule has 21 heavy (non-hydrogen) atoms. The van der Waals surface area contributed by atoms with E-state index in [9.17, 15) is 4.79 Å². The van der Waals surface area contributed by atoms with E-state index in [1.54, 1.807) is 24.3 Å². The molecule has 0 aliphatic heterocycles. The Balaban J connectivity index is 2.12. The lowest BCUT2D eigenvalue weighted by Crippen LogP contribution is -2.29. The zero-order chi connectivity index (χ0) is 15.1. The largest absolute Gasteiger partial charge is 0.454 e. The third-order valence-corrected chi connectivity index (χ3v) is 4.98. The minimum absolute atomic E-state index is 0.231. The quantitative estimate of drug-likeness (QED) is 0.394. The van der Waals surface area contributed by atoms with Gasteiger partial charge in [-0.05, 0) is 18.2 Å². The molecule has 1 amide bonds. The van der Waals surface area contributed by atoms with Gasteiger partial charge < -0.3 is 4.42 Å². The lowest BCUT2D eigenvalue weighted by Gasteiger charge is -2.01. The highest BCUT2D eigenvalue weighted by atomic mass is 35.5. The van der Waals surface area contributed by atoms with Crippen LogP contribution in [-0.4, -0.2) is 5.91 Å². The van der Waals surface area contributed by atoms with E-state index >= 15 is 0 Å². The summed E-state index contributed by atoms with van der Waals surface area (Å²) in [4.78, 5) is 11.9. The molecule has 3 N–H and O–H groups in total. The molecule has 2 aromatic heterocycles. The van der Waals surface area contributed by atoms with Gasteiger partial charge in [-0.25, -0.2) is 5.84 Å². The monoisotopic (exact) mass is 360 g/mol. The molecule has 0 radical (unpaired) electrons. The van der Waals surface area contributed by atoms with Gasteiger partial charge in [0.25, 0.3) is 5.91 Å². The number of amides is 1. The van der Waals surface area contributed by atoms with Gasteiger partial charge in [0, 0.05) is 16.7 Å². The van der Waals surface area contributed by atoms with Gasteiger partial charge in [-0.1, -0.05) is 34.8 Å². The minimum Gasteiger partial charge on any atom is -0.454 e. The molecule has 1 aromatic carbocycles. The number of halogens is 3. The van der Waals surface area contributed by atoms with E-state index in [1.165, 1.54) is 11.3 Å². The van der Waals surface area contributed by atoms with Crippen molar-refractivity contribution in [1.29, 1.82) is 0 Å². The SMILES string of the molecule is NNC(=O)c1sc2cc(-c3ccc(Cl)cc3Cl)oc2c1Cl. The molecule has 0 atom stereocenters. The van der Waals surface area contributed by atoms with Gasteiger partial charge >= 0.3 is 0 Å². The number of carbonyl (C=O) groups is 1. The Kier molecular flexibility index (Phi) is 3.86. The predicted octanol–water partition coefficient (Wildman–Crippen LogP) is 4.73. The Morgan fingerprint density at radius 3 is 2.62 bits per heavy atom. The lowest BCUT2D eigenvalue weighted by molar-refractivity contribution is 0.0958. The third kappa shape index (κ3) is 2.52. The molecule has 3 aromatic rings. The molecule has 0 fully saturated rings. The molecule has 108 valence electrons. The van der Waals surface area contributed by atoms with Gasteiger partial charge in [0.05, 0.1) is 9.72 Å². The number of thiophene rings is 1. The number of hydrogen-bond acceptors (Lipinski definition) is 4. The number of furan rings is 1. The van der Waals surface area contributed by atoms with Crippen molar-refractivity contribution >= 4 is 62.3 Å². The van der Waals surface area contributed by atoms with Crippen molar-refractivity contribution in [2.75, 3.05) is 0 Å². The number of hydrazine groups is 1. The topological polar surface area (TPSA) is 68.3 Å². The Morgan fingerprint density at radius 2 is 2.00 bits per heavy atom. The van der Waals surface area contributed by atoms with Crippen molar-refractivity contribution in [2.24, 2.45) is 5.84 Å². The van der Waals surface area contributed by atoms with Gasteiger partial charge in [-0.2, -0.15) is 0 Å². The van der Waals surface area contributed by atoms with Crippen LogP contribution in [0, 0.1) is 0 Å². The molecule has 0 bridgehead atoms. The molecule has 0 aliphatic carbocycles. The first-order valence-corrected chi connectivity index (χ1v) is 7.64. The van der Waals surface area contributed by atoms with E-state index in [1.807, 2.05) is 5.43 Å². The van der Waals surface area contributed by atoms with Crippen LogP contribution in [0.15, 0.2) is 28.7 Å². The molecule has 8 heteroatoms. The van der Waals surface area contributed by atoms with Crippen molar-refractivity contribution in [3.63, 3.8) is 0 Å². The maximum atomic E-state index is 11.6. The van der Waals surface area contributed by atoms with Crippen molar-refractivity contribution < 1.29 is 9.21 Å². The number of rotatable bonds is 2. The maximum Gasteiger partial charge on any atom is 0.276 e. The van der Waals surface area contributed by atoms with Crippen LogP contribution in [0.3, 0.4) is 0 Å². The molecule has 4 nitrogen and oxygen atoms in total. The number of carbonyl (C=O) groups excluding carboxylic acids is 1. The molecule has 0 spiro atoms. The van der Waals surface area contributed by atoms with Crippen LogP contribution in [0.4, 0.5) is 0 Å². The summed E-state index contributed by atoms with van der Waals surface area (Å²) in [7, 11) is 0. The van der Waals surface area contributed by atoms with Crippen LogP contribution in [-0.2, 0) is 0 Å². The summed E-state index contributed by atoms with van der Waals surface area (Å²) in [6, 6.07) is 6.88. The average Bonchev–Trinajstić information content (AvgIpc) is 2.98. The summed E-state index contributed by atoms with van der Waals surface area (Å²) >= 11 is 19.4. The molecular formula is C13H7Cl3N2O2S. The normalized spacial score (nSPS) is 11.0. The second-order valence-corrected chi connectivity index (χ2v) is 6.42. The molecule has 3 rings (SSSR count). The highest BCUT2D eigenvalue weighted by molar-refractivity contribution is 7.21. The lowest BCUT2D eigenvalue weighted by atomic mass is 10.2. The summed E-state index contributed by atoms with van der Waals surface area (Å²) < 4.78 is 6.45. The van der Waals surface area contributed by atoms with Gasteiger partial charge in [0.2, 0.25) is 0 Å². The summed E-state index contributed by atoms with van der Waals surface area (Å²) in [5.41, 5.74) is 3.18. The Morgan fingerprint density at radius 1 is 1.24 bits per heavy atom. The molecule has 0 aliphatic rings. The second-order valence-electron chi connectivity index (χ2n) is 4.15. The predicted molar refractivity (Wildman–Crippen MR) is 86.2 cm³/mol. The van der Waals surface area contributed by atoms with Crippen LogP contribution in [0.25, 0.3) is 21.6 Å². The molecule has 0 unspecified atom stereocenters. The van der Waals surface area contributed by atoms with E-state index in [-0.39, 0.29) is 5.02 Å². The van der Waals surface area contributed by atoms with Crippen LogP contribution >= 0.6 is 46.1 Å². The fourth-order valence-corrected chi connectivity index (χ4v) is 3.75. The summed E-state index contributed by atoms with van der Waals surface area (Å²) in [5.74, 6) is 5.21. The Labute approximate surface area is 138 Å². The van der Waals surface area contributed by atoms with E-state index in [4.69, 9.17) is 45.1 Å². The van der Waals surface area contributed by atoms with Crippen LogP contribution < -0.4 is 11.3 Å². The number of nitrogen functional groups attached to an aromatic ring is 1. The highest BCUT2D eigenvalue weighted by Crippen LogP contribution is 2.41. The number of nitrogens with two attached hydrogens (primary N) is 1. The minimum atomic E-state index is -0.456. The highest BCUT2D eigenvalue weighted by Gasteiger charge is 2.21. The number of hydrogen-bond donors (Lipinski definition) is 2.